The number of methoxy groups -OCH3 is 1. The van der Waals surface area contributed by atoms with Crippen LogP contribution in [-0.4, -0.2) is 41.4 Å². The predicted octanol–water partition coefficient (Wildman–Crippen LogP) is 3.78. The van der Waals surface area contributed by atoms with Gasteiger partial charge in [-0.1, -0.05) is 37.3 Å². The molecular formula is C24H30N4O. The van der Waals surface area contributed by atoms with Gasteiger partial charge in [-0.15, -0.1) is 0 Å². The quantitative estimate of drug-likeness (QED) is 0.667. The summed E-state index contributed by atoms with van der Waals surface area (Å²) in [6.45, 7) is 6.81. The molecule has 3 aromatic rings. The largest absolute Gasteiger partial charge is 0.497 e. The van der Waals surface area contributed by atoms with Crippen LogP contribution in [0, 0.1) is 5.41 Å². The number of nitrogens with two attached hydrogens (primary N) is 1. The van der Waals surface area contributed by atoms with Gasteiger partial charge in [0.05, 0.1) is 19.3 Å². The maximum atomic E-state index is 6.01. The number of likely N-dealkylation sites (tertiary alicyclic amines) is 1. The van der Waals surface area contributed by atoms with E-state index in [0.717, 1.165) is 56.2 Å². The van der Waals surface area contributed by atoms with Gasteiger partial charge in [-0.25, -0.2) is 0 Å². The molecule has 2 aromatic carbocycles. The zero-order chi connectivity index (χ0) is 20.3. The van der Waals surface area contributed by atoms with Crippen molar-refractivity contribution in [3.8, 4) is 17.0 Å². The Bertz CT molecular complexity index is 935. The summed E-state index contributed by atoms with van der Waals surface area (Å²) in [5, 5.41) is 4.95. The second-order valence-corrected chi connectivity index (χ2v) is 8.39. The number of aromatic nitrogens is 2. The number of rotatable bonds is 7. The Labute approximate surface area is 173 Å². The van der Waals surface area contributed by atoms with Crippen molar-refractivity contribution < 1.29 is 4.74 Å². The Morgan fingerprint density at radius 2 is 1.83 bits per heavy atom. The molecule has 0 bridgehead atoms. The molecule has 0 aliphatic carbocycles. The van der Waals surface area contributed by atoms with Crippen LogP contribution in [0.3, 0.4) is 0 Å². The van der Waals surface area contributed by atoms with E-state index in [4.69, 9.17) is 15.6 Å². The molecule has 5 nitrogen and oxygen atoms in total. The third-order valence-corrected chi connectivity index (χ3v) is 5.91. The lowest BCUT2D eigenvalue weighted by molar-refractivity contribution is 0.274. The molecule has 5 heteroatoms. The predicted molar refractivity (Wildman–Crippen MR) is 117 cm³/mol. The molecule has 2 heterocycles. The van der Waals surface area contributed by atoms with Gasteiger partial charge in [-0.3, -0.25) is 9.58 Å². The normalized spacial score (nSPS) is 19.6. The van der Waals surface area contributed by atoms with Crippen LogP contribution < -0.4 is 10.5 Å². The summed E-state index contributed by atoms with van der Waals surface area (Å²) in [4.78, 5) is 2.50. The molecule has 1 atom stereocenters. The average molecular weight is 391 g/mol. The maximum Gasteiger partial charge on any atom is 0.118 e. The number of hydrogen-bond acceptors (Lipinski definition) is 4. The van der Waals surface area contributed by atoms with Crippen LogP contribution in [0.5, 0.6) is 5.75 Å². The van der Waals surface area contributed by atoms with Crippen LogP contribution in [0.15, 0.2) is 60.8 Å². The molecule has 1 aliphatic rings. The number of nitrogens with zero attached hydrogens (tertiary/aromatic N) is 3. The highest BCUT2D eigenvalue weighted by molar-refractivity contribution is 5.63. The zero-order valence-corrected chi connectivity index (χ0v) is 17.3. The van der Waals surface area contributed by atoms with Gasteiger partial charge < -0.3 is 10.5 Å². The Morgan fingerprint density at radius 3 is 2.48 bits per heavy atom. The van der Waals surface area contributed by atoms with Gasteiger partial charge in [0.2, 0.25) is 0 Å². The number of benzene rings is 2. The van der Waals surface area contributed by atoms with Crippen molar-refractivity contribution >= 4 is 0 Å². The first-order valence-corrected chi connectivity index (χ1v) is 10.3. The highest BCUT2D eigenvalue weighted by Crippen LogP contribution is 2.32. The summed E-state index contributed by atoms with van der Waals surface area (Å²) < 4.78 is 7.37. The molecule has 2 N–H and O–H groups in total. The smallest absolute Gasteiger partial charge is 0.118 e. The second kappa shape index (κ2) is 8.39. The van der Waals surface area contributed by atoms with Crippen LogP contribution in [0.25, 0.3) is 11.3 Å². The van der Waals surface area contributed by atoms with Crippen molar-refractivity contribution in [1.29, 1.82) is 0 Å². The van der Waals surface area contributed by atoms with Gasteiger partial charge in [-0.2, -0.15) is 5.10 Å². The van der Waals surface area contributed by atoms with Crippen LogP contribution in [0.1, 0.15) is 24.5 Å². The van der Waals surface area contributed by atoms with Gasteiger partial charge in [0.1, 0.15) is 5.75 Å². The van der Waals surface area contributed by atoms with E-state index in [1.807, 2.05) is 18.2 Å². The van der Waals surface area contributed by atoms with E-state index >= 15 is 0 Å². The molecule has 0 saturated carbocycles. The lowest BCUT2D eigenvalue weighted by Crippen LogP contribution is -2.31. The molecule has 152 valence electrons. The molecule has 0 radical (unpaired) electrons. The first-order valence-electron chi connectivity index (χ1n) is 10.3. The van der Waals surface area contributed by atoms with E-state index in [-0.39, 0.29) is 5.41 Å². The molecule has 1 saturated heterocycles. The standard InChI is InChI=1S/C24H30N4O/c1-24(17-25)12-13-27(18-24)15-21-16-28(14-19-6-4-3-5-7-19)26-23(21)20-8-10-22(29-2)11-9-20/h3-11,16H,12-15,17-18,25H2,1-2H3. The molecule has 1 aliphatic heterocycles. The second-order valence-electron chi connectivity index (χ2n) is 8.39. The first kappa shape index (κ1) is 19.7. The van der Waals surface area contributed by atoms with Crippen LogP contribution in [0.4, 0.5) is 0 Å². The highest BCUT2D eigenvalue weighted by atomic mass is 16.5. The van der Waals surface area contributed by atoms with Crippen molar-refractivity contribution in [3.63, 3.8) is 0 Å². The Morgan fingerprint density at radius 1 is 1.07 bits per heavy atom. The van der Waals surface area contributed by atoms with Gasteiger partial charge in [0.15, 0.2) is 0 Å². The van der Waals surface area contributed by atoms with E-state index in [1.165, 1.54) is 11.1 Å². The van der Waals surface area contributed by atoms with Gasteiger partial charge in [0.25, 0.3) is 0 Å². The zero-order valence-electron chi connectivity index (χ0n) is 17.3. The minimum absolute atomic E-state index is 0.223. The SMILES string of the molecule is COc1ccc(-c2nn(Cc3ccccc3)cc2CN2CCC(C)(CN)C2)cc1. The Hall–Kier alpha value is -2.63. The van der Waals surface area contributed by atoms with E-state index in [9.17, 15) is 0 Å². The van der Waals surface area contributed by atoms with Crippen LogP contribution >= 0.6 is 0 Å². The lowest BCUT2D eigenvalue weighted by Gasteiger charge is -2.22. The third kappa shape index (κ3) is 4.52. The summed E-state index contributed by atoms with van der Waals surface area (Å²) in [7, 11) is 1.69. The molecule has 0 spiro atoms. The Kier molecular flexibility index (Phi) is 5.69. The van der Waals surface area contributed by atoms with Crippen molar-refractivity contribution in [2.45, 2.75) is 26.4 Å². The molecule has 1 aromatic heterocycles. The fourth-order valence-electron chi connectivity index (χ4n) is 4.09. The Balaban J connectivity index is 1.62. The van der Waals surface area contributed by atoms with E-state index in [0.29, 0.717) is 0 Å². The summed E-state index contributed by atoms with van der Waals surface area (Å²) in [5.41, 5.74) is 10.9. The maximum absolute atomic E-state index is 6.01. The van der Waals surface area contributed by atoms with Gasteiger partial charge in [-0.05, 0) is 54.8 Å². The molecule has 0 amide bonds. The van der Waals surface area contributed by atoms with Crippen molar-refractivity contribution in [2.24, 2.45) is 11.1 Å². The van der Waals surface area contributed by atoms with Crippen LogP contribution in [-0.2, 0) is 13.1 Å². The van der Waals surface area contributed by atoms with Gasteiger partial charge >= 0.3 is 0 Å². The topological polar surface area (TPSA) is 56.3 Å². The number of hydrogen-bond donors (Lipinski definition) is 1. The lowest BCUT2D eigenvalue weighted by atomic mass is 9.90. The third-order valence-electron chi connectivity index (χ3n) is 5.91. The molecule has 29 heavy (non-hydrogen) atoms. The molecule has 4 rings (SSSR count). The monoisotopic (exact) mass is 390 g/mol. The van der Waals surface area contributed by atoms with Crippen molar-refractivity contribution in [3.05, 3.63) is 71.9 Å². The molecule has 1 unspecified atom stereocenters. The van der Waals surface area contributed by atoms with Crippen molar-refractivity contribution in [1.82, 2.24) is 14.7 Å². The minimum atomic E-state index is 0.223. The average Bonchev–Trinajstić information content (AvgIpc) is 3.33. The summed E-state index contributed by atoms with van der Waals surface area (Å²) in [6, 6.07) is 18.6. The molecule has 1 fully saturated rings. The minimum Gasteiger partial charge on any atom is -0.497 e. The highest BCUT2D eigenvalue weighted by Gasteiger charge is 2.32. The fourth-order valence-corrected chi connectivity index (χ4v) is 4.09. The first-order chi connectivity index (χ1) is 14.1. The van der Waals surface area contributed by atoms with E-state index in [1.54, 1.807) is 7.11 Å². The van der Waals surface area contributed by atoms with Crippen LogP contribution in [0.2, 0.25) is 0 Å². The van der Waals surface area contributed by atoms with Gasteiger partial charge in [0, 0.05) is 30.4 Å². The van der Waals surface area contributed by atoms with Crippen molar-refractivity contribution in [2.75, 3.05) is 26.7 Å². The fraction of sp³-hybridized carbons (Fsp3) is 0.375. The molecular weight excluding hydrogens is 360 g/mol. The van der Waals surface area contributed by atoms with E-state index < -0.39 is 0 Å². The number of ether oxygens (including phenoxy) is 1. The summed E-state index contributed by atoms with van der Waals surface area (Å²) >= 11 is 0. The summed E-state index contributed by atoms with van der Waals surface area (Å²) in [6.07, 6.45) is 3.35. The van der Waals surface area contributed by atoms with E-state index in [2.05, 4.69) is 59.1 Å². The summed E-state index contributed by atoms with van der Waals surface area (Å²) in [5.74, 6) is 0.859.